The Hall–Kier alpha value is -0.630. The molecule has 8 heteroatoms. The number of alkyl halides is 3. The summed E-state index contributed by atoms with van der Waals surface area (Å²) in [5.41, 5.74) is 0.568. The number of aromatic nitrogens is 2. The van der Waals surface area contributed by atoms with Crippen LogP contribution in [-0.2, 0) is 0 Å². The van der Waals surface area contributed by atoms with Gasteiger partial charge >= 0.3 is 0 Å². The van der Waals surface area contributed by atoms with Gasteiger partial charge < -0.3 is 4.90 Å². The Morgan fingerprint density at radius 1 is 1.50 bits per heavy atom. The number of carbonyl (C=O) groups is 1. The number of halogens is 3. The van der Waals surface area contributed by atoms with Gasteiger partial charge in [0.1, 0.15) is 4.88 Å². The van der Waals surface area contributed by atoms with Crippen molar-refractivity contribution in [3.8, 4) is 0 Å². The number of hydrogen-bond acceptors (Lipinski definition) is 4. The van der Waals surface area contributed by atoms with Gasteiger partial charge in [-0.3, -0.25) is 4.79 Å². The summed E-state index contributed by atoms with van der Waals surface area (Å²) < 4.78 is 28.6. The normalized spacial score (nSPS) is 11.3. The van der Waals surface area contributed by atoms with Crippen LogP contribution in [0.15, 0.2) is 0 Å². The average molecular weight is 342 g/mol. The summed E-state index contributed by atoms with van der Waals surface area (Å²) in [5, 5.41) is 4.33. The molecule has 18 heavy (non-hydrogen) atoms. The quantitative estimate of drug-likeness (QED) is 0.747. The van der Waals surface area contributed by atoms with Crippen molar-refractivity contribution in [2.75, 3.05) is 18.4 Å². The van der Waals surface area contributed by atoms with E-state index >= 15 is 0 Å². The predicted octanol–water partition coefficient (Wildman–Crippen LogP) is 2.76. The molecule has 1 rings (SSSR count). The highest BCUT2D eigenvalue weighted by atomic mass is 79.9. The number of rotatable bonds is 6. The lowest BCUT2D eigenvalue weighted by atomic mass is 10.1. The standard InChI is InChI=1S/C10H14BrF2N3OS/c1-6(2)8-9(18-15-14-8)10(17)16(4-3-11)5-7(12)13/h6-7H,3-5H2,1-2H3. The Morgan fingerprint density at radius 2 is 2.17 bits per heavy atom. The first-order chi connectivity index (χ1) is 8.47. The van der Waals surface area contributed by atoms with Crippen LogP contribution in [0.1, 0.15) is 35.1 Å². The third-order valence-corrected chi connectivity index (χ3v) is 3.34. The summed E-state index contributed by atoms with van der Waals surface area (Å²) in [4.78, 5) is 13.6. The molecule has 102 valence electrons. The van der Waals surface area contributed by atoms with Crippen LogP contribution in [0.2, 0.25) is 0 Å². The molecule has 1 heterocycles. The van der Waals surface area contributed by atoms with Gasteiger partial charge in [-0.05, 0) is 17.5 Å². The minimum atomic E-state index is -2.55. The Bertz CT molecular complexity index is 400. The summed E-state index contributed by atoms with van der Waals surface area (Å²) in [6.45, 7) is 3.43. The topological polar surface area (TPSA) is 46.1 Å². The molecule has 4 nitrogen and oxygen atoms in total. The summed E-state index contributed by atoms with van der Waals surface area (Å²) in [6.07, 6.45) is -2.55. The van der Waals surface area contributed by atoms with Gasteiger partial charge in [-0.2, -0.15) is 0 Å². The van der Waals surface area contributed by atoms with Gasteiger partial charge in [0.15, 0.2) is 0 Å². The number of carbonyl (C=O) groups excluding carboxylic acids is 1. The molecule has 0 saturated heterocycles. The molecule has 0 aliphatic carbocycles. The molecule has 0 aliphatic rings. The van der Waals surface area contributed by atoms with E-state index in [1.165, 1.54) is 0 Å². The Balaban J connectivity index is 2.91. The van der Waals surface area contributed by atoms with Crippen molar-refractivity contribution < 1.29 is 13.6 Å². The van der Waals surface area contributed by atoms with E-state index in [1.54, 1.807) is 0 Å². The third kappa shape index (κ3) is 3.94. The molecule has 0 fully saturated rings. The Kier molecular flexibility index (Phi) is 6.07. The zero-order valence-electron chi connectivity index (χ0n) is 10.1. The van der Waals surface area contributed by atoms with Crippen molar-refractivity contribution in [3.63, 3.8) is 0 Å². The highest BCUT2D eigenvalue weighted by molar-refractivity contribution is 9.09. The summed E-state index contributed by atoms with van der Waals surface area (Å²) >= 11 is 4.11. The molecule has 1 aromatic rings. The first kappa shape index (κ1) is 15.4. The van der Waals surface area contributed by atoms with Gasteiger partial charge in [-0.25, -0.2) is 8.78 Å². The van der Waals surface area contributed by atoms with E-state index in [0.29, 0.717) is 15.9 Å². The van der Waals surface area contributed by atoms with E-state index in [4.69, 9.17) is 0 Å². The zero-order valence-corrected chi connectivity index (χ0v) is 12.5. The van der Waals surface area contributed by atoms with Crippen molar-refractivity contribution in [2.24, 2.45) is 0 Å². The van der Waals surface area contributed by atoms with Gasteiger partial charge in [-0.15, -0.1) is 5.10 Å². The smallest absolute Gasteiger partial charge is 0.267 e. The van der Waals surface area contributed by atoms with Crippen LogP contribution in [0, 0.1) is 0 Å². The number of amides is 1. The fourth-order valence-corrected chi connectivity index (χ4v) is 2.63. The van der Waals surface area contributed by atoms with Crippen molar-refractivity contribution in [2.45, 2.75) is 26.2 Å². The monoisotopic (exact) mass is 341 g/mol. The largest absolute Gasteiger partial charge is 0.331 e. The average Bonchev–Trinajstić information content (AvgIpc) is 2.75. The van der Waals surface area contributed by atoms with Crippen LogP contribution in [0.5, 0.6) is 0 Å². The Morgan fingerprint density at radius 3 is 2.67 bits per heavy atom. The summed E-state index contributed by atoms with van der Waals surface area (Å²) in [7, 11) is 0. The van der Waals surface area contributed by atoms with E-state index in [-0.39, 0.29) is 12.5 Å². The second-order valence-corrected chi connectivity index (χ2v) is 5.52. The van der Waals surface area contributed by atoms with Crippen LogP contribution in [0.4, 0.5) is 8.78 Å². The predicted molar refractivity (Wildman–Crippen MR) is 69.7 cm³/mol. The maximum Gasteiger partial charge on any atom is 0.267 e. The fraction of sp³-hybridized carbons (Fsp3) is 0.700. The minimum absolute atomic E-state index is 0.0417. The molecular weight excluding hydrogens is 328 g/mol. The van der Waals surface area contributed by atoms with E-state index in [0.717, 1.165) is 16.4 Å². The SMILES string of the molecule is CC(C)c1nnsc1C(=O)N(CCBr)CC(F)F. The van der Waals surface area contributed by atoms with Crippen LogP contribution in [-0.4, -0.2) is 45.2 Å². The van der Waals surface area contributed by atoms with Crippen LogP contribution in [0.3, 0.4) is 0 Å². The molecule has 0 radical (unpaired) electrons. The van der Waals surface area contributed by atoms with Crippen molar-refractivity contribution in [1.82, 2.24) is 14.5 Å². The van der Waals surface area contributed by atoms with Crippen LogP contribution >= 0.6 is 27.5 Å². The molecule has 0 unspecified atom stereocenters. The molecule has 1 aromatic heterocycles. The second-order valence-electron chi connectivity index (χ2n) is 3.97. The van der Waals surface area contributed by atoms with Gasteiger partial charge in [-0.1, -0.05) is 34.3 Å². The Labute approximate surface area is 117 Å². The van der Waals surface area contributed by atoms with E-state index in [2.05, 4.69) is 25.5 Å². The number of nitrogens with zero attached hydrogens (tertiary/aromatic N) is 3. The van der Waals surface area contributed by atoms with Crippen molar-refractivity contribution >= 4 is 33.4 Å². The summed E-state index contributed by atoms with van der Waals surface area (Å²) in [5.74, 6) is -0.381. The maximum absolute atomic E-state index is 12.4. The van der Waals surface area contributed by atoms with E-state index in [9.17, 15) is 13.6 Å². The zero-order chi connectivity index (χ0) is 13.7. The molecule has 0 aliphatic heterocycles. The molecule has 0 N–H and O–H groups in total. The minimum Gasteiger partial charge on any atom is -0.331 e. The second kappa shape index (κ2) is 7.08. The highest BCUT2D eigenvalue weighted by Crippen LogP contribution is 2.21. The number of hydrogen-bond donors (Lipinski definition) is 0. The van der Waals surface area contributed by atoms with Gasteiger partial charge in [0, 0.05) is 11.9 Å². The summed E-state index contributed by atoms with van der Waals surface area (Å²) in [6, 6.07) is 0. The molecule has 0 bridgehead atoms. The lowest BCUT2D eigenvalue weighted by Gasteiger charge is -2.20. The molecule has 0 spiro atoms. The first-order valence-corrected chi connectivity index (χ1v) is 7.32. The molecular formula is C10H14BrF2N3OS. The molecule has 0 saturated carbocycles. The third-order valence-electron chi connectivity index (χ3n) is 2.25. The van der Waals surface area contributed by atoms with Gasteiger partial charge in [0.2, 0.25) is 0 Å². The highest BCUT2D eigenvalue weighted by Gasteiger charge is 2.25. The lowest BCUT2D eigenvalue weighted by molar-refractivity contribution is 0.0575. The van der Waals surface area contributed by atoms with Crippen LogP contribution in [0.25, 0.3) is 0 Å². The van der Waals surface area contributed by atoms with E-state index < -0.39 is 18.9 Å². The van der Waals surface area contributed by atoms with Crippen molar-refractivity contribution in [3.05, 3.63) is 10.6 Å². The van der Waals surface area contributed by atoms with Gasteiger partial charge in [0.25, 0.3) is 12.3 Å². The first-order valence-electron chi connectivity index (χ1n) is 5.43. The van der Waals surface area contributed by atoms with Crippen molar-refractivity contribution in [1.29, 1.82) is 0 Å². The van der Waals surface area contributed by atoms with E-state index in [1.807, 2.05) is 13.8 Å². The van der Waals surface area contributed by atoms with Gasteiger partial charge in [0.05, 0.1) is 12.2 Å². The molecule has 0 atom stereocenters. The fourth-order valence-electron chi connectivity index (χ4n) is 1.41. The maximum atomic E-state index is 12.4. The molecule has 0 aromatic carbocycles. The van der Waals surface area contributed by atoms with Crippen LogP contribution < -0.4 is 0 Å². The lowest BCUT2D eigenvalue weighted by Crippen LogP contribution is -2.36. The molecule has 1 amide bonds.